The van der Waals surface area contributed by atoms with Crippen LogP contribution in [0.2, 0.25) is 0 Å². The van der Waals surface area contributed by atoms with E-state index in [0.717, 1.165) is 6.29 Å². The summed E-state index contributed by atoms with van der Waals surface area (Å²) in [5, 5.41) is 0. The number of allylic oxidation sites excluding steroid dienone is 1. The summed E-state index contributed by atoms with van der Waals surface area (Å²) >= 11 is 0. The molecule has 0 unspecified atom stereocenters. The van der Waals surface area contributed by atoms with Crippen LogP contribution in [-0.2, 0) is 4.79 Å². The molecular formula is C4H10MgO2. The number of carbonyl (C=O) groups excluding carboxylic acids is 1. The molecule has 2 nitrogen and oxygen atoms in total. The first kappa shape index (κ1) is 15.7. The van der Waals surface area contributed by atoms with Gasteiger partial charge in [0.15, 0.2) is 0 Å². The zero-order chi connectivity index (χ0) is 4.28. The van der Waals surface area contributed by atoms with Crippen molar-refractivity contribution in [2.45, 2.75) is 6.92 Å². The van der Waals surface area contributed by atoms with Crippen molar-refractivity contribution in [1.29, 1.82) is 0 Å². The summed E-state index contributed by atoms with van der Waals surface area (Å²) in [6, 6.07) is 0. The Balaban J connectivity index is -0.0000000133. The molecule has 0 aliphatic heterocycles. The topological polar surface area (TPSA) is 48.6 Å². The summed E-state index contributed by atoms with van der Waals surface area (Å²) in [6.07, 6.45) is 0.722. The minimum Gasteiger partial charge on any atom is -1.00 e. The fourth-order valence-electron chi connectivity index (χ4n) is 0. The molecule has 0 aromatic heterocycles. The Morgan fingerprint density at radius 2 is 2.00 bits per heavy atom. The minimum absolute atomic E-state index is 0. The molecule has 0 aliphatic rings. The van der Waals surface area contributed by atoms with Crippen LogP contribution in [0.3, 0.4) is 0 Å². The van der Waals surface area contributed by atoms with E-state index in [0.29, 0.717) is 5.57 Å². The molecule has 0 bridgehead atoms. The van der Waals surface area contributed by atoms with Crippen molar-refractivity contribution in [3.8, 4) is 0 Å². The van der Waals surface area contributed by atoms with Crippen molar-refractivity contribution in [3.63, 3.8) is 0 Å². The number of aldehydes is 1. The SMILES string of the molecule is C=C(C)C=O.O.[H-].[H-].[Mg+2]. The fraction of sp³-hybridized carbons (Fsp3) is 0.250. The molecule has 0 atom stereocenters. The third-order valence-corrected chi connectivity index (χ3v) is 0.201. The Kier molecular flexibility index (Phi) is 21.2. The van der Waals surface area contributed by atoms with Crippen LogP contribution in [0.5, 0.6) is 0 Å². The van der Waals surface area contributed by atoms with E-state index in [1.54, 1.807) is 6.92 Å². The van der Waals surface area contributed by atoms with Crippen molar-refractivity contribution < 1.29 is 13.1 Å². The van der Waals surface area contributed by atoms with Crippen LogP contribution in [-0.4, -0.2) is 34.8 Å². The first-order chi connectivity index (χ1) is 2.27. The number of carbonyl (C=O) groups is 1. The van der Waals surface area contributed by atoms with Crippen molar-refractivity contribution in [2.75, 3.05) is 0 Å². The summed E-state index contributed by atoms with van der Waals surface area (Å²) in [5.41, 5.74) is 0.574. The van der Waals surface area contributed by atoms with E-state index in [1.165, 1.54) is 0 Å². The van der Waals surface area contributed by atoms with Crippen molar-refractivity contribution in [3.05, 3.63) is 12.2 Å². The molecule has 0 saturated heterocycles. The van der Waals surface area contributed by atoms with Crippen molar-refractivity contribution in [2.24, 2.45) is 0 Å². The Morgan fingerprint density at radius 1 is 1.86 bits per heavy atom. The van der Waals surface area contributed by atoms with E-state index >= 15 is 0 Å². The maximum absolute atomic E-state index is 9.41. The molecule has 0 aliphatic carbocycles. The summed E-state index contributed by atoms with van der Waals surface area (Å²) in [4.78, 5) is 9.41. The quantitative estimate of drug-likeness (QED) is 0.264. The monoisotopic (exact) mass is 114 g/mol. The minimum atomic E-state index is 0. The molecule has 0 aromatic rings. The van der Waals surface area contributed by atoms with Crippen molar-refractivity contribution in [1.82, 2.24) is 0 Å². The molecule has 3 heteroatoms. The largest absolute Gasteiger partial charge is 2.00 e. The Morgan fingerprint density at radius 3 is 2.00 bits per heavy atom. The molecular weight excluding hydrogens is 104 g/mol. The summed E-state index contributed by atoms with van der Waals surface area (Å²) in [6.45, 7) is 4.97. The molecule has 7 heavy (non-hydrogen) atoms. The van der Waals surface area contributed by atoms with Crippen LogP contribution in [0, 0.1) is 0 Å². The summed E-state index contributed by atoms with van der Waals surface area (Å²) in [7, 11) is 0. The number of hydrogen-bond donors (Lipinski definition) is 0. The molecule has 0 fully saturated rings. The maximum atomic E-state index is 9.41. The van der Waals surface area contributed by atoms with Gasteiger partial charge in [0, 0.05) is 0 Å². The van der Waals surface area contributed by atoms with Crippen LogP contribution in [0.15, 0.2) is 12.2 Å². The molecule has 0 heterocycles. The smallest absolute Gasteiger partial charge is 1.00 e. The summed E-state index contributed by atoms with van der Waals surface area (Å²) in [5.74, 6) is 0. The first-order valence-electron chi connectivity index (χ1n) is 1.38. The van der Waals surface area contributed by atoms with Crippen LogP contribution in [0.4, 0.5) is 0 Å². The average Bonchev–Trinajstić information content (AvgIpc) is 1.38. The van der Waals surface area contributed by atoms with Gasteiger partial charge in [-0.05, 0) is 12.5 Å². The second-order valence-corrected chi connectivity index (χ2v) is 0.964. The van der Waals surface area contributed by atoms with Gasteiger partial charge in [0.05, 0.1) is 0 Å². The van der Waals surface area contributed by atoms with Crippen LogP contribution < -0.4 is 0 Å². The Labute approximate surface area is 62.0 Å². The molecule has 0 amide bonds. The zero-order valence-electron chi connectivity index (χ0n) is 6.40. The third kappa shape index (κ3) is 23.0. The van der Waals surface area contributed by atoms with Gasteiger partial charge in [0.2, 0.25) is 0 Å². The van der Waals surface area contributed by atoms with Gasteiger partial charge in [-0.25, -0.2) is 0 Å². The van der Waals surface area contributed by atoms with Gasteiger partial charge in [0.25, 0.3) is 0 Å². The van der Waals surface area contributed by atoms with Gasteiger partial charge in [-0.1, -0.05) is 6.58 Å². The van der Waals surface area contributed by atoms with E-state index in [-0.39, 0.29) is 31.4 Å². The fourth-order valence-corrected chi connectivity index (χ4v) is 0. The Hall–Kier alpha value is 0.136. The van der Waals surface area contributed by atoms with Gasteiger partial charge in [0.1, 0.15) is 6.29 Å². The molecule has 0 spiro atoms. The molecule has 40 valence electrons. The van der Waals surface area contributed by atoms with E-state index in [9.17, 15) is 4.79 Å². The number of rotatable bonds is 1. The second kappa shape index (κ2) is 9.46. The van der Waals surface area contributed by atoms with Crippen molar-refractivity contribution >= 4 is 29.3 Å². The van der Waals surface area contributed by atoms with Gasteiger partial charge in [-0.2, -0.15) is 0 Å². The van der Waals surface area contributed by atoms with E-state index < -0.39 is 0 Å². The van der Waals surface area contributed by atoms with Crippen LogP contribution in [0.25, 0.3) is 0 Å². The third-order valence-electron chi connectivity index (χ3n) is 0.201. The van der Waals surface area contributed by atoms with Gasteiger partial charge in [-0.3, -0.25) is 4.79 Å². The van der Waals surface area contributed by atoms with E-state index in [2.05, 4.69) is 6.58 Å². The summed E-state index contributed by atoms with van der Waals surface area (Å²) < 4.78 is 0. The molecule has 0 rings (SSSR count). The normalized spacial score (nSPS) is 4.71. The standard InChI is InChI=1S/C4H6O.Mg.H2O.2H/c1-4(2)3-5;;;;/h3H,1H2,2H3;;1H2;;/q;+2;;2*-1. The Bertz CT molecular complexity index is 67.6. The second-order valence-electron chi connectivity index (χ2n) is 0.964. The van der Waals surface area contributed by atoms with Crippen LogP contribution in [0.1, 0.15) is 9.78 Å². The van der Waals surface area contributed by atoms with Crippen LogP contribution >= 0.6 is 0 Å². The molecule has 0 saturated carbocycles. The van der Waals surface area contributed by atoms with Gasteiger partial charge in [-0.15, -0.1) is 0 Å². The maximum Gasteiger partial charge on any atom is 2.00 e. The zero-order valence-corrected chi connectivity index (χ0v) is 5.81. The number of hydrogen-bond acceptors (Lipinski definition) is 1. The van der Waals surface area contributed by atoms with E-state index in [4.69, 9.17) is 0 Å². The van der Waals surface area contributed by atoms with Gasteiger partial charge >= 0.3 is 23.1 Å². The molecule has 0 aromatic carbocycles. The predicted molar refractivity (Wildman–Crippen MR) is 32.5 cm³/mol. The van der Waals surface area contributed by atoms with Gasteiger partial charge < -0.3 is 8.33 Å². The molecule has 2 N–H and O–H groups in total. The molecule has 0 radical (unpaired) electrons. The average molecular weight is 114 g/mol. The first-order valence-corrected chi connectivity index (χ1v) is 1.38. The predicted octanol–water partition coefficient (Wildman–Crippen LogP) is -0.219. The van der Waals surface area contributed by atoms with E-state index in [1.807, 2.05) is 0 Å².